The van der Waals surface area contributed by atoms with Gasteiger partial charge in [-0.3, -0.25) is 4.79 Å². The van der Waals surface area contributed by atoms with Crippen LogP contribution < -0.4 is 20.9 Å². The highest BCUT2D eigenvalue weighted by molar-refractivity contribution is 7.99. The zero-order valence-electron chi connectivity index (χ0n) is 16.2. The molecule has 0 bridgehead atoms. The molecule has 0 spiro atoms. The fraction of sp³-hybridized carbons (Fsp3) is 0.600. The predicted octanol–water partition coefficient (Wildman–Crippen LogP) is 1.82. The van der Waals surface area contributed by atoms with E-state index >= 15 is 0 Å². The predicted molar refractivity (Wildman–Crippen MR) is 115 cm³/mol. The van der Waals surface area contributed by atoms with Crippen molar-refractivity contribution in [2.45, 2.75) is 26.3 Å². The first-order valence-electron chi connectivity index (χ1n) is 9.98. The van der Waals surface area contributed by atoms with Crippen LogP contribution in [0, 0.1) is 5.92 Å². The van der Waals surface area contributed by atoms with E-state index in [1.807, 2.05) is 11.8 Å². The molecule has 3 N–H and O–H groups in total. The number of aliphatic imine (C=N–C) groups is 1. The molecule has 0 aromatic heterocycles. The van der Waals surface area contributed by atoms with Crippen molar-refractivity contribution in [3.05, 3.63) is 29.8 Å². The van der Waals surface area contributed by atoms with Gasteiger partial charge in [-0.25, -0.2) is 4.99 Å². The van der Waals surface area contributed by atoms with Gasteiger partial charge in [-0.15, -0.1) is 0 Å². The first-order chi connectivity index (χ1) is 13.3. The fourth-order valence-electron chi connectivity index (χ4n) is 3.00. The molecule has 1 aliphatic heterocycles. The van der Waals surface area contributed by atoms with E-state index in [-0.39, 0.29) is 11.8 Å². The highest BCUT2D eigenvalue weighted by Crippen LogP contribution is 2.28. The van der Waals surface area contributed by atoms with Crippen LogP contribution in [0.4, 0.5) is 5.69 Å². The molecule has 0 unspecified atom stereocenters. The summed E-state index contributed by atoms with van der Waals surface area (Å²) in [6.45, 7) is 7.07. The number of hydrogen-bond acceptors (Lipinski definition) is 4. The smallest absolute Gasteiger partial charge is 0.223 e. The van der Waals surface area contributed by atoms with Crippen LogP contribution in [0.1, 0.15) is 25.3 Å². The number of benzene rings is 1. The van der Waals surface area contributed by atoms with Gasteiger partial charge in [0.15, 0.2) is 5.96 Å². The number of carbonyl (C=O) groups is 1. The zero-order chi connectivity index (χ0) is 18.9. The molecule has 1 aromatic rings. The number of nitrogens with zero attached hydrogens (tertiary/aromatic N) is 2. The molecular weight excluding hydrogens is 358 g/mol. The highest BCUT2D eigenvalue weighted by atomic mass is 32.2. The molecule has 148 valence electrons. The molecule has 27 heavy (non-hydrogen) atoms. The van der Waals surface area contributed by atoms with Crippen LogP contribution in [-0.4, -0.2) is 56.1 Å². The minimum Gasteiger partial charge on any atom is -0.370 e. The average molecular weight is 390 g/mol. The monoisotopic (exact) mass is 389 g/mol. The topological polar surface area (TPSA) is 68.8 Å². The van der Waals surface area contributed by atoms with Crippen LogP contribution in [0.5, 0.6) is 0 Å². The molecule has 2 aliphatic rings. The lowest BCUT2D eigenvalue weighted by molar-refractivity contribution is -0.122. The van der Waals surface area contributed by atoms with E-state index < -0.39 is 0 Å². The molecular formula is C20H31N5OS. The van der Waals surface area contributed by atoms with Gasteiger partial charge in [0.05, 0.1) is 6.54 Å². The standard InChI is InChI=1S/C20H31N5OS/c1-2-21-20(23-10-9-22-19(26)17-5-6-17)24-15-16-3-7-18(8-4-16)25-11-13-27-14-12-25/h3-4,7-8,17H,2,5-6,9-15H2,1H3,(H,22,26)(H2,21,23,24). The van der Waals surface area contributed by atoms with E-state index in [1.165, 1.54) is 22.8 Å². The second-order valence-corrected chi connectivity index (χ2v) is 8.18. The van der Waals surface area contributed by atoms with Gasteiger partial charge in [-0.2, -0.15) is 11.8 Å². The third kappa shape index (κ3) is 6.65. The van der Waals surface area contributed by atoms with Gasteiger partial charge in [-0.1, -0.05) is 12.1 Å². The largest absolute Gasteiger partial charge is 0.370 e. The third-order valence-corrected chi connectivity index (χ3v) is 5.68. The number of anilines is 1. The molecule has 1 aromatic carbocycles. The maximum atomic E-state index is 11.6. The van der Waals surface area contributed by atoms with Crippen molar-refractivity contribution in [2.75, 3.05) is 49.1 Å². The van der Waals surface area contributed by atoms with Crippen LogP contribution in [0.15, 0.2) is 29.3 Å². The van der Waals surface area contributed by atoms with Crippen LogP contribution in [-0.2, 0) is 11.3 Å². The molecule has 7 heteroatoms. The van der Waals surface area contributed by atoms with E-state index in [2.05, 4.69) is 57.0 Å². The summed E-state index contributed by atoms with van der Waals surface area (Å²) in [6.07, 6.45) is 2.08. The third-order valence-electron chi connectivity index (χ3n) is 4.74. The van der Waals surface area contributed by atoms with Crippen molar-refractivity contribution in [3.8, 4) is 0 Å². The summed E-state index contributed by atoms with van der Waals surface area (Å²) in [6, 6.07) is 8.74. The van der Waals surface area contributed by atoms with E-state index in [0.29, 0.717) is 19.6 Å². The fourth-order valence-corrected chi connectivity index (χ4v) is 3.91. The van der Waals surface area contributed by atoms with E-state index in [4.69, 9.17) is 0 Å². The molecule has 6 nitrogen and oxygen atoms in total. The second kappa shape index (κ2) is 10.4. The van der Waals surface area contributed by atoms with Gasteiger partial charge in [0.2, 0.25) is 5.91 Å². The summed E-state index contributed by atoms with van der Waals surface area (Å²) >= 11 is 2.03. The second-order valence-electron chi connectivity index (χ2n) is 6.95. The van der Waals surface area contributed by atoms with Gasteiger partial charge in [0.1, 0.15) is 0 Å². The molecule has 1 saturated heterocycles. The number of rotatable bonds is 8. The van der Waals surface area contributed by atoms with E-state index in [9.17, 15) is 4.79 Å². The van der Waals surface area contributed by atoms with Gasteiger partial charge in [0, 0.05) is 55.8 Å². The van der Waals surface area contributed by atoms with Gasteiger partial charge < -0.3 is 20.9 Å². The Balaban J connectivity index is 1.44. The number of thioether (sulfide) groups is 1. The Bertz CT molecular complexity index is 624. The van der Waals surface area contributed by atoms with Crippen molar-refractivity contribution in [3.63, 3.8) is 0 Å². The number of amides is 1. The van der Waals surface area contributed by atoms with Gasteiger partial charge in [-0.05, 0) is 37.5 Å². The number of carbonyl (C=O) groups excluding carboxylic acids is 1. The summed E-state index contributed by atoms with van der Waals surface area (Å²) in [4.78, 5) is 18.7. The minimum absolute atomic E-state index is 0.186. The van der Waals surface area contributed by atoms with Crippen molar-refractivity contribution >= 4 is 29.3 Å². The first kappa shape index (κ1) is 19.9. The summed E-state index contributed by atoms with van der Waals surface area (Å²) in [5.41, 5.74) is 2.50. The van der Waals surface area contributed by atoms with E-state index in [0.717, 1.165) is 38.4 Å². The van der Waals surface area contributed by atoms with Gasteiger partial charge >= 0.3 is 0 Å². The quantitative estimate of drug-likeness (QED) is 0.359. The van der Waals surface area contributed by atoms with Crippen LogP contribution in [0.25, 0.3) is 0 Å². The average Bonchev–Trinajstić information content (AvgIpc) is 3.55. The Hall–Kier alpha value is -1.89. The Kier molecular flexibility index (Phi) is 7.68. The lowest BCUT2D eigenvalue weighted by atomic mass is 10.2. The molecule has 3 rings (SSSR count). The summed E-state index contributed by atoms with van der Waals surface area (Å²) in [5.74, 6) is 3.66. The molecule has 1 heterocycles. The van der Waals surface area contributed by atoms with Gasteiger partial charge in [0.25, 0.3) is 0 Å². The molecule has 2 fully saturated rings. The number of hydrogen-bond donors (Lipinski definition) is 3. The van der Waals surface area contributed by atoms with Crippen molar-refractivity contribution < 1.29 is 4.79 Å². The normalized spacial score (nSPS) is 17.5. The Morgan fingerprint density at radius 3 is 2.48 bits per heavy atom. The maximum absolute atomic E-state index is 11.6. The summed E-state index contributed by atoms with van der Waals surface area (Å²) in [7, 11) is 0. The van der Waals surface area contributed by atoms with Crippen molar-refractivity contribution in [1.29, 1.82) is 0 Å². The lowest BCUT2D eigenvalue weighted by Crippen LogP contribution is -2.41. The Morgan fingerprint density at radius 2 is 1.81 bits per heavy atom. The highest BCUT2D eigenvalue weighted by Gasteiger charge is 2.28. The Labute approximate surface area is 166 Å². The van der Waals surface area contributed by atoms with E-state index in [1.54, 1.807) is 0 Å². The molecule has 1 amide bonds. The summed E-state index contributed by atoms with van der Waals surface area (Å²) in [5, 5.41) is 9.50. The van der Waals surface area contributed by atoms with Crippen LogP contribution >= 0.6 is 11.8 Å². The molecule has 1 saturated carbocycles. The SMILES string of the molecule is CCNC(=NCc1ccc(N2CCSCC2)cc1)NCCNC(=O)C1CC1. The Morgan fingerprint density at radius 1 is 1.11 bits per heavy atom. The lowest BCUT2D eigenvalue weighted by Gasteiger charge is -2.28. The number of guanidine groups is 1. The molecule has 1 aliphatic carbocycles. The summed E-state index contributed by atoms with van der Waals surface area (Å²) < 4.78 is 0. The van der Waals surface area contributed by atoms with Crippen molar-refractivity contribution in [1.82, 2.24) is 16.0 Å². The first-order valence-corrected chi connectivity index (χ1v) is 11.1. The van der Waals surface area contributed by atoms with Crippen LogP contribution in [0.2, 0.25) is 0 Å². The van der Waals surface area contributed by atoms with Crippen LogP contribution in [0.3, 0.4) is 0 Å². The van der Waals surface area contributed by atoms with Crippen molar-refractivity contribution in [2.24, 2.45) is 10.9 Å². The molecule has 0 atom stereocenters. The zero-order valence-corrected chi connectivity index (χ0v) is 17.0. The minimum atomic E-state index is 0.186. The maximum Gasteiger partial charge on any atom is 0.223 e. The molecule has 0 radical (unpaired) electrons. The number of nitrogens with one attached hydrogen (secondary N) is 3.